The number of ether oxygens (including phenoxy) is 2. The molecule has 0 aromatic heterocycles. The SMILES string of the molecule is COc1cc(/C=N/NC(=O)c2ccccc2)ccc1OC(=O)c1ccc(F)cc1. The standard InChI is InChI=1S/C22H17FN2O4/c1-28-20-13-15(14-24-25-21(26)16-5-3-2-4-6-16)7-12-19(20)29-22(27)17-8-10-18(23)11-9-17/h2-14H,1H3,(H,25,26)/b24-14+. The first-order valence-electron chi connectivity index (χ1n) is 8.61. The number of carbonyl (C=O) groups excluding carboxylic acids is 2. The second-order valence-corrected chi connectivity index (χ2v) is 5.87. The summed E-state index contributed by atoms with van der Waals surface area (Å²) in [4.78, 5) is 24.1. The maximum atomic E-state index is 13.0. The summed E-state index contributed by atoms with van der Waals surface area (Å²) in [6.07, 6.45) is 1.44. The summed E-state index contributed by atoms with van der Waals surface area (Å²) in [5.74, 6) is -0.910. The van der Waals surface area contributed by atoms with Gasteiger partial charge in [-0.3, -0.25) is 4.79 Å². The summed E-state index contributed by atoms with van der Waals surface area (Å²) in [5.41, 5.74) is 3.76. The number of carbonyl (C=O) groups is 2. The third-order valence-electron chi connectivity index (χ3n) is 3.89. The quantitative estimate of drug-likeness (QED) is 0.299. The number of methoxy groups -OCH3 is 1. The smallest absolute Gasteiger partial charge is 0.343 e. The van der Waals surface area contributed by atoms with E-state index in [4.69, 9.17) is 9.47 Å². The molecule has 0 saturated heterocycles. The van der Waals surface area contributed by atoms with Gasteiger partial charge in [0.1, 0.15) is 5.82 Å². The van der Waals surface area contributed by atoms with Gasteiger partial charge >= 0.3 is 5.97 Å². The van der Waals surface area contributed by atoms with E-state index in [1.165, 1.54) is 37.6 Å². The maximum absolute atomic E-state index is 13.0. The van der Waals surface area contributed by atoms with Crippen LogP contribution in [0.4, 0.5) is 4.39 Å². The molecule has 7 heteroatoms. The molecule has 0 saturated carbocycles. The fraction of sp³-hybridized carbons (Fsp3) is 0.0455. The van der Waals surface area contributed by atoms with Crippen LogP contribution in [-0.4, -0.2) is 25.2 Å². The number of nitrogens with zero attached hydrogens (tertiary/aromatic N) is 1. The van der Waals surface area contributed by atoms with E-state index in [2.05, 4.69) is 10.5 Å². The van der Waals surface area contributed by atoms with Crippen molar-refractivity contribution in [3.63, 3.8) is 0 Å². The van der Waals surface area contributed by atoms with Crippen molar-refractivity contribution in [2.75, 3.05) is 7.11 Å². The molecular formula is C22H17FN2O4. The van der Waals surface area contributed by atoms with E-state index in [9.17, 15) is 14.0 Å². The minimum absolute atomic E-state index is 0.201. The molecule has 0 heterocycles. The molecule has 6 nitrogen and oxygen atoms in total. The average molecular weight is 392 g/mol. The van der Waals surface area contributed by atoms with Crippen molar-refractivity contribution >= 4 is 18.1 Å². The zero-order chi connectivity index (χ0) is 20.6. The lowest BCUT2D eigenvalue weighted by atomic mass is 10.2. The lowest BCUT2D eigenvalue weighted by Crippen LogP contribution is -2.17. The van der Waals surface area contributed by atoms with Crippen molar-refractivity contribution in [2.45, 2.75) is 0 Å². The lowest BCUT2D eigenvalue weighted by molar-refractivity contribution is 0.0729. The number of esters is 1. The van der Waals surface area contributed by atoms with Crippen LogP contribution in [0, 0.1) is 5.82 Å². The Balaban J connectivity index is 1.67. The predicted octanol–water partition coefficient (Wildman–Crippen LogP) is 3.82. The Kier molecular flexibility index (Phi) is 6.32. The Hall–Kier alpha value is -4.00. The lowest BCUT2D eigenvalue weighted by Gasteiger charge is -2.10. The molecule has 1 N–H and O–H groups in total. The first-order chi connectivity index (χ1) is 14.1. The van der Waals surface area contributed by atoms with Crippen molar-refractivity contribution in [1.29, 1.82) is 0 Å². The molecule has 0 unspecified atom stereocenters. The first-order valence-corrected chi connectivity index (χ1v) is 8.61. The van der Waals surface area contributed by atoms with Crippen LogP contribution >= 0.6 is 0 Å². The van der Waals surface area contributed by atoms with E-state index in [-0.39, 0.29) is 17.2 Å². The van der Waals surface area contributed by atoms with Gasteiger partial charge in [0, 0.05) is 5.56 Å². The van der Waals surface area contributed by atoms with Crippen LogP contribution in [0.5, 0.6) is 11.5 Å². The van der Waals surface area contributed by atoms with Crippen LogP contribution < -0.4 is 14.9 Å². The number of hydrazone groups is 1. The van der Waals surface area contributed by atoms with Crippen molar-refractivity contribution in [3.05, 3.63) is 95.3 Å². The highest BCUT2D eigenvalue weighted by Gasteiger charge is 2.13. The molecule has 3 aromatic carbocycles. The molecule has 146 valence electrons. The van der Waals surface area contributed by atoms with Crippen LogP contribution in [0.25, 0.3) is 0 Å². The van der Waals surface area contributed by atoms with Gasteiger partial charge in [-0.05, 0) is 60.2 Å². The Morgan fingerprint density at radius 3 is 2.34 bits per heavy atom. The normalized spacial score (nSPS) is 10.6. The zero-order valence-corrected chi connectivity index (χ0v) is 15.5. The number of halogens is 1. The fourth-order valence-corrected chi connectivity index (χ4v) is 2.41. The number of hydrogen-bond donors (Lipinski definition) is 1. The summed E-state index contributed by atoms with van der Waals surface area (Å²) >= 11 is 0. The number of benzene rings is 3. The topological polar surface area (TPSA) is 77.0 Å². The molecule has 3 rings (SSSR count). The van der Waals surface area contributed by atoms with Crippen molar-refractivity contribution in [2.24, 2.45) is 5.10 Å². The van der Waals surface area contributed by atoms with Gasteiger partial charge in [-0.15, -0.1) is 0 Å². The molecule has 1 amide bonds. The highest BCUT2D eigenvalue weighted by Crippen LogP contribution is 2.28. The minimum Gasteiger partial charge on any atom is -0.493 e. The van der Waals surface area contributed by atoms with E-state index in [1.54, 1.807) is 42.5 Å². The van der Waals surface area contributed by atoms with Gasteiger partial charge in [-0.25, -0.2) is 14.6 Å². The van der Waals surface area contributed by atoms with Gasteiger partial charge in [0.15, 0.2) is 11.5 Å². The molecule has 0 radical (unpaired) electrons. The van der Waals surface area contributed by atoms with Crippen LogP contribution in [0.15, 0.2) is 77.9 Å². The Bertz CT molecular complexity index is 1030. The van der Waals surface area contributed by atoms with E-state index in [0.29, 0.717) is 16.9 Å². The number of amides is 1. The summed E-state index contributed by atoms with van der Waals surface area (Å²) < 4.78 is 23.5. The van der Waals surface area contributed by atoms with Crippen molar-refractivity contribution < 1.29 is 23.5 Å². The number of nitrogens with one attached hydrogen (secondary N) is 1. The summed E-state index contributed by atoms with van der Waals surface area (Å²) in [6, 6.07) is 18.5. The van der Waals surface area contributed by atoms with Gasteiger partial charge < -0.3 is 9.47 Å². The van der Waals surface area contributed by atoms with Crippen molar-refractivity contribution in [3.8, 4) is 11.5 Å². The Morgan fingerprint density at radius 2 is 1.66 bits per heavy atom. The molecule has 0 aliphatic heterocycles. The molecule has 0 aliphatic rings. The van der Waals surface area contributed by atoms with Crippen LogP contribution in [0.2, 0.25) is 0 Å². The highest BCUT2D eigenvalue weighted by atomic mass is 19.1. The van der Waals surface area contributed by atoms with Gasteiger partial charge in [-0.1, -0.05) is 18.2 Å². The minimum atomic E-state index is -0.639. The van der Waals surface area contributed by atoms with E-state index in [1.807, 2.05) is 6.07 Å². The van der Waals surface area contributed by atoms with Crippen LogP contribution in [-0.2, 0) is 0 Å². The predicted molar refractivity (Wildman–Crippen MR) is 106 cm³/mol. The molecule has 0 atom stereocenters. The van der Waals surface area contributed by atoms with Gasteiger partial charge in [0.05, 0.1) is 18.9 Å². The molecule has 0 spiro atoms. The largest absolute Gasteiger partial charge is 0.493 e. The summed E-state index contributed by atoms with van der Waals surface area (Å²) in [6.45, 7) is 0. The number of hydrogen-bond acceptors (Lipinski definition) is 5. The third kappa shape index (κ3) is 5.26. The second-order valence-electron chi connectivity index (χ2n) is 5.87. The van der Waals surface area contributed by atoms with E-state index < -0.39 is 11.8 Å². The van der Waals surface area contributed by atoms with Crippen LogP contribution in [0.3, 0.4) is 0 Å². The molecule has 0 bridgehead atoms. The van der Waals surface area contributed by atoms with Gasteiger partial charge in [-0.2, -0.15) is 5.10 Å². The average Bonchev–Trinajstić information content (AvgIpc) is 2.75. The molecule has 0 aliphatic carbocycles. The van der Waals surface area contributed by atoms with Gasteiger partial charge in [0.2, 0.25) is 0 Å². The first kappa shape index (κ1) is 19.8. The Morgan fingerprint density at radius 1 is 0.931 bits per heavy atom. The molecule has 29 heavy (non-hydrogen) atoms. The Labute approximate surface area is 166 Å². The molecular weight excluding hydrogens is 375 g/mol. The second kappa shape index (κ2) is 9.27. The molecule has 3 aromatic rings. The maximum Gasteiger partial charge on any atom is 0.343 e. The zero-order valence-electron chi connectivity index (χ0n) is 15.5. The summed E-state index contributed by atoms with van der Waals surface area (Å²) in [5, 5.41) is 3.92. The van der Waals surface area contributed by atoms with E-state index in [0.717, 1.165) is 0 Å². The van der Waals surface area contributed by atoms with Gasteiger partial charge in [0.25, 0.3) is 5.91 Å². The monoisotopic (exact) mass is 392 g/mol. The van der Waals surface area contributed by atoms with Crippen LogP contribution in [0.1, 0.15) is 26.3 Å². The molecule has 0 fully saturated rings. The third-order valence-corrected chi connectivity index (χ3v) is 3.89. The fourth-order valence-electron chi connectivity index (χ4n) is 2.41. The highest BCUT2D eigenvalue weighted by molar-refractivity contribution is 5.95. The van der Waals surface area contributed by atoms with E-state index >= 15 is 0 Å². The summed E-state index contributed by atoms with van der Waals surface area (Å²) in [7, 11) is 1.43. The van der Waals surface area contributed by atoms with Crippen molar-refractivity contribution in [1.82, 2.24) is 5.43 Å². The number of rotatable bonds is 6.